The number of aryl methyl sites for hydroxylation is 2. The smallest absolute Gasteiger partial charge is 0.375 e. The molecule has 7 nitrogen and oxygen atoms in total. The molecule has 174 valence electrons. The fourth-order valence-corrected chi connectivity index (χ4v) is 4.00. The molecule has 0 amide bonds. The monoisotopic (exact) mass is 448 g/mol. The number of rotatable bonds is 11. The van der Waals surface area contributed by atoms with E-state index in [1.165, 1.54) is 31.5 Å². The summed E-state index contributed by atoms with van der Waals surface area (Å²) >= 11 is 0. The molecule has 1 atom stereocenters. The number of methoxy groups -OCH3 is 1. The van der Waals surface area contributed by atoms with Gasteiger partial charge in [-0.15, -0.1) is 0 Å². The molecule has 0 aliphatic carbocycles. The number of anilines is 1. The summed E-state index contributed by atoms with van der Waals surface area (Å²) in [5.74, 6) is -6.53. The number of halogens is 2. The van der Waals surface area contributed by atoms with Crippen LogP contribution in [-0.4, -0.2) is 45.6 Å². The highest BCUT2D eigenvalue weighted by Gasteiger charge is 2.48. The van der Waals surface area contributed by atoms with Crippen molar-refractivity contribution in [1.82, 2.24) is 15.0 Å². The summed E-state index contributed by atoms with van der Waals surface area (Å²) in [4.78, 5) is 23.6. The van der Waals surface area contributed by atoms with Gasteiger partial charge in [-0.2, -0.15) is 8.78 Å². The minimum Gasteiger partial charge on any atom is -0.477 e. The summed E-state index contributed by atoms with van der Waals surface area (Å²) < 4.78 is 33.5. The number of nitrogens with zero attached hydrogens (tertiary/aromatic N) is 3. The fraction of sp³-hybridized carbons (Fsp3) is 0.565. The number of hydrogen-bond donors (Lipinski definition) is 2. The van der Waals surface area contributed by atoms with E-state index in [4.69, 9.17) is 14.8 Å². The van der Waals surface area contributed by atoms with Crippen molar-refractivity contribution in [3.8, 4) is 6.01 Å². The molecular weight excluding hydrogens is 418 g/mol. The Kier molecular flexibility index (Phi) is 8.30. The van der Waals surface area contributed by atoms with E-state index < -0.39 is 17.8 Å². The number of alkyl halides is 2. The summed E-state index contributed by atoms with van der Waals surface area (Å²) in [6.45, 7) is 0.949. The maximum Gasteiger partial charge on any atom is 0.375 e. The number of pyridine rings is 1. The first kappa shape index (κ1) is 23.8. The van der Waals surface area contributed by atoms with Crippen LogP contribution in [0.15, 0.2) is 24.5 Å². The molecule has 2 N–H and O–H groups in total. The van der Waals surface area contributed by atoms with Gasteiger partial charge in [-0.3, -0.25) is 0 Å². The molecule has 32 heavy (non-hydrogen) atoms. The van der Waals surface area contributed by atoms with Crippen molar-refractivity contribution in [1.29, 1.82) is 0 Å². The van der Waals surface area contributed by atoms with E-state index in [9.17, 15) is 13.6 Å². The summed E-state index contributed by atoms with van der Waals surface area (Å²) in [5, 5.41) is 12.4. The molecule has 9 heteroatoms. The van der Waals surface area contributed by atoms with E-state index in [0.29, 0.717) is 6.42 Å². The normalized spacial score (nSPS) is 14.7. The molecule has 0 radical (unpaired) electrons. The molecule has 0 spiro atoms. The molecule has 1 aliphatic heterocycles. The highest BCUT2D eigenvalue weighted by atomic mass is 19.3. The number of hydrogen-bond acceptors (Lipinski definition) is 6. The fourth-order valence-electron chi connectivity index (χ4n) is 4.00. The highest BCUT2D eigenvalue weighted by molar-refractivity contribution is 5.76. The minimum absolute atomic E-state index is 0.0377. The minimum atomic E-state index is -3.89. The number of aliphatic carboxylic acids is 1. The molecule has 0 unspecified atom stereocenters. The quantitative estimate of drug-likeness (QED) is 0.484. The van der Waals surface area contributed by atoms with Crippen LogP contribution >= 0.6 is 0 Å². The zero-order valence-electron chi connectivity index (χ0n) is 18.3. The van der Waals surface area contributed by atoms with Crippen LogP contribution in [0.5, 0.6) is 6.01 Å². The van der Waals surface area contributed by atoms with E-state index in [-0.39, 0.29) is 18.0 Å². The predicted octanol–water partition coefficient (Wildman–Crippen LogP) is 4.63. The summed E-state index contributed by atoms with van der Waals surface area (Å²) in [6.07, 6.45) is 9.64. The topological polar surface area (TPSA) is 97.2 Å². The number of carbonyl (C=O) groups is 1. The SMILES string of the molecule is COc1ncc([C@H](CCCCCCc2ccc3c(n2)NCCCC3)C(F)(F)C(=O)O)cn1. The van der Waals surface area contributed by atoms with Gasteiger partial charge in [0.05, 0.1) is 13.0 Å². The average Bonchev–Trinajstić information content (AvgIpc) is 3.03. The molecule has 2 aromatic rings. The second-order valence-electron chi connectivity index (χ2n) is 8.13. The third kappa shape index (κ3) is 6.11. The molecule has 3 rings (SSSR count). The lowest BCUT2D eigenvalue weighted by atomic mass is 9.89. The number of carboxylic acid groups (broad SMARTS) is 1. The second kappa shape index (κ2) is 11.2. The lowest BCUT2D eigenvalue weighted by Crippen LogP contribution is -2.35. The Balaban J connectivity index is 1.49. The first-order valence-electron chi connectivity index (χ1n) is 11.1. The summed E-state index contributed by atoms with van der Waals surface area (Å²) in [6, 6.07) is 4.26. The first-order valence-corrected chi connectivity index (χ1v) is 11.1. The molecule has 1 aliphatic rings. The average molecular weight is 449 g/mol. The van der Waals surface area contributed by atoms with Gasteiger partial charge in [-0.1, -0.05) is 25.3 Å². The van der Waals surface area contributed by atoms with Gasteiger partial charge in [0.15, 0.2) is 0 Å². The van der Waals surface area contributed by atoms with Crippen LogP contribution in [0.3, 0.4) is 0 Å². The van der Waals surface area contributed by atoms with Crippen molar-refractivity contribution in [2.45, 2.75) is 69.6 Å². The lowest BCUT2D eigenvalue weighted by molar-refractivity contribution is -0.168. The zero-order valence-corrected chi connectivity index (χ0v) is 18.3. The molecular formula is C23H30F2N4O3. The van der Waals surface area contributed by atoms with Gasteiger partial charge in [0.2, 0.25) is 0 Å². The number of carboxylic acids is 1. The molecule has 2 aromatic heterocycles. The standard InChI is InChI=1S/C23H30F2N4O3/c1-32-22-27-14-17(15-28-22)19(23(24,25)21(30)31)10-5-3-2-4-9-18-12-11-16-8-6-7-13-26-20(16)29-18/h11-12,14-15,19H,2-10,13H2,1H3,(H,26,29)(H,30,31)/t19-/m0/s1. The number of nitrogens with one attached hydrogen (secondary N) is 1. The van der Waals surface area contributed by atoms with Crippen molar-refractivity contribution < 1.29 is 23.4 Å². The van der Waals surface area contributed by atoms with Gasteiger partial charge < -0.3 is 15.2 Å². The largest absolute Gasteiger partial charge is 0.477 e. The Morgan fingerprint density at radius 2 is 1.94 bits per heavy atom. The lowest BCUT2D eigenvalue weighted by Gasteiger charge is -2.23. The maximum atomic E-state index is 14.3. The summed E-state index contributed by atoms with van der Waals surface area (Å²) in [7, 11) is 1.37. The number of ether oxygens (including phenoxy) is 1. The molecule has 0 saturated heterocycles. The Labute approximate surface area is 186 Å². The van der Waals surface area contributed by atoms with Crippen LogP contribution < -0.4 is 10.1 Å². The van der Waals surface area contributed by atoms with Crippen LogP contribution in [0.2, 0.25) is 0 Å². The van der Waals surface area contributed by atoms with E-state index in [0.717, 1.165) is 56.6 Å². The van der Waals surface area contributed by atoms with E-state index >= 15 is 0 Å². The highest BCUT2D eigenvalue weighted by Crippen LogP contribution is 2.37. The maximum absolute atomic E-state index is 14.3. The summed E-state index contributed by atoms with van der Waals surface area (Å²) in [5.41, 5.74) is 2.39. The number of fused-ring (bicyclic) bond motifs is 1. The van der Waals surface area contributed by atoms with Crippen molar-refractivity contribution in [3.05, 3.63) is 41.3 Å². The third-order valence-corrected chi connectivity index (χ3v) is 5.83. The van der Waals surface area contributed by atoms with Crippen molar-refractivity contribution in [2.75, 3.05) is 19.0 Å². The molecule has 0 aromatic carbocycles. The van der Waals surface area contributed by atoms with Crippen molar-refractivity contribution in [2.24, 2.45) is 0 Å². The van der Waals surface area contributed by atoms with Gasteiger partial charge in [0.1, 0.15) is 5.82 Å². The molecule has 3 heterocycles. The van der Waals surface area contributed by atoms with Crippen LogP contribution in [0, 0.1) is 0 Å². The van der Waals surface area contributed by atoms with Gasteiger partial charge in [-0.05, 0) is 55.7 Å². The zero-order chi connectivity index (χ0) is 23.0. The van der Waals surface area contributed by atoms with Gasteiger partial charge in [0, 0.05) is 24.6 Å². The Morgan fingerprint density at radius 3 is 2.66 bits per heavy atom. The Morgan fingerprint density at radius 1 is 1.19 bits per heavy atom. The Bertz CT molecular complexity index is 893. The molecule has 0 fully saturated rings. The van der Waals surface area contributed by atoms with Gasteiger partial charge >= 0.3 is 17.9 Å². The van der Waals surface area contributed by atoms with Crippen LogP contribution in [-0.2, 0) is 17.6 Å². The van der Waals surface area contributed by atoms with Crippen LogP contribution in [0.1, 0.15) is 67.7 Å². The van der Waals surface area contributed by atoms with Crippen LogP contribution in [0.4, 0.5) is 14.6 Å². The molecule has 0 saturated carbocycles. The van der Waals surface area contributed by atoms with Gasteiger partial charge in [-0.25, -0.2) is 19.7 Å². The third-order valence-electron chi connectivity index (χ3n) is 5.83. The van der Waals surface area contributed by atoms with Gasteiger partial charge in [0.25, 0.3) is 0 Å². The number of aromatic nitrogens is 3. The van der Waals surface area contributed by atoms with E-state index in [1.807, 2.05) is 0 Å². The second-order valence-corrected chi connectivity index (χ2v) is 8.13. The van der Waals surface area contributed by atoms with Crippen molar-refractivity contribution in [3.63, 3.8) is 0 Å². The first-order chi connectivity index (χ1) is 15.4. The Hall–Kier alpha value is -2.84. The predicted molar refractivity (Wildman–Crippen MR) is 116 cm³/mol. The van der Waals surface area contributed by atoms with E-state index in [1.54, 1.807) is 0 Å². The molecule has 0 bridgehead atoms. The van der Waals surface area contributed by atoms with Crippen molar-refractivity contribution >= 4 is 11.8 Å². The van der Waals surface area contributed by atoms with Crippen LogP contribution in [0.25, 0.3) is 0 Å². The van der Waals surface area contributed by atoms with E-state index in [2.05, 4.69) is 27.4 Å². The number of unbranched alkanes of at least 4 members (excludes halogenated alkanes) is 3.